The van der Waals surface area contributed by atoms with Gasteiger partial charge in [0.15, 0.2) is 0 Å². The molecule has 2 rings (SSSR count). The summed E-state index contributed by atoms with van der Waals surface area (Å²) < 4.78 is 0. The molecule has 126 valence electrons. The summed E-state index contributed by atoms with van der Waals surface area (Å²) in [6.07, 6.45) is 0.854. The number of hydrogen-bond donors (Lipinski definition) is 1. The lowest BCUT2D eigenvalue weighted by Crippen LogP contribution is -2.33. The van der Waals surface area contributed by atoms with Gasteiger partial charge in [-0.2, -0.15) is 0 Å². The highest BCUT2D eigenvalue weighted by atomic mass is 16.6. The van der Waals surface area contributed by atoms with Crippen LogP contribution in [0, 0.1) is 10.1 Å². The maximum absolute atomic E-state index is 12.6. The summed E-state index contributed by atoms with van der Waals surface area (Å²) in [6.45, 7) is 1.59. The molecule has 0 saturated heterocycles. The molecule has 2 aromatic carbocycles. The average Bonchev–Trinajstić information content (AvgIpc) is 2.59. The predicted molar refractivity (Wildman–Crippen MR) is 92.3 cm³/mol. The number of amides is 1. The second kappa shape index (κ2) is 8.79. The predicted octanol–water partition coefficient (Wildman–Crippen LogP) is 2.51. The molecule has 0 radical (unpaired) electrons. The summed E-state index contributed by atoms with van der Waals surface area (Å²) in [7, 11) is 0. The summed E-state index contributed by atoms with van der Waals surface area (Å²) in [6, 6.07) is 15.9. The molecule has 0 unspecified atom stereocenters. The zero-order valence-electron chi connectivity index (χ0n) is 13.4. The van der Waals surface area contributed by atoms with E-state index in [9.17, 15) is 14.9 Å². The van der Waals surface area contributed by atoms with Crippen molar-refractivity contribution in [1.29, 1.82) is 0 Å². The summed E-state index contributed by atoms with van der Waals surface area (Å²) in [5.74, 6) is -0.0622. The van der Waals surface area contributed by atoms with E-state index in [0.717, 1.165) is 5.56 Å². The van der Waals surface area contributed by atoms with Gasteiger partial charge in [0, 0.05) is 25.2 Å². The third-order valence-electron chi connectivity index (χ3n) is 3.68. The minimum absolute atomic E-state index is 0.00290. The fourth-order valence-electron chi connectivity index (χ4n) is 2.44. The largest absolute Gasteiger partial charge is 0.338 e. The van der Waals surface area contributed by atoms with Gasteiger partial charge in [-0.25, -0.2) is 0 Å². The van der Waals surface area contributed by atoms with Gasteiger partial charge in [0.25, 0.3) is 5.69 Å². The molecule has 0 saturated carbocycles. The SMILES string of the molecule is NCCCN(Cc1ccccc1)C(=O)Cc1cccc([N+](=O)[O-])c1. The molecule has 0 aliphatic rings. The van der Waals surface area contributed by atoms with Gasteiger partial charge in [0.05, 0.1) is 11.3 Å². The van der Waals surface area contributed by atoms with Crippen LogP contribution in [0.4, 0.5) is 5.69 Å². The molecule has 0 heterocycles. The Labute approximate surface area is 141 Å². The van der Waals surface area contributed by atoms with E-state index in [1.165, 1.54) is 12.1 Å². The van der Waals surface area contributed by atoms with E-state index in [4.69, 9.17) is 5.73 Å². The molecule has 24 heavy (non-hydrogen) atoms. The number of carbonyl (C=O) groups is 1. The van der Waals surface area contributed by atoms with Gasteiger partial charge in [-0.15, -0.1) is 0 Å². The standard InChI is InChI=1S/C18H21N3O3/c19-10-5-11-20(14-15-6-2-1-3-7-15)18(22)13-16-8-4-9-17(12-16)21(23)24/h1-4,6-9,12H,5,10-11,13-14,19H2. The van der Waals surface area contributed by atoms with E-state index in [-0.39, 0.29) is 18.0 Å². The van der Waals surface area contributed by atoms with Crippen LogP contribution in [0.1, 0.15) is 17.5 Å². The van der Waals surface area contributed by atoms with Crippen molar-refractivity contribution < 1.29 is 9.72 Å². The van der Waals surface area contributed by atoms with E-state index < -0.39 is 4.92 Å². The van der Waals surface area contributed by atoms with Crippen molar-refractivity contribution in [2.75, 3.05) is 13.1 Å². The van der Waals surface area contributed by atoms with Crippen LogP contribution < -0.4 is 5.73 Å². The Morgan fingerprint density at radius 1 is 1.08 bits per heavy atom. The molecule has 0 atom stereocenters. The monoisotopic (exact) mass is 327 g/mol. The third-order valence-corrected chi connectivity index (χ3v) is 3.68. The Hall–Kier alpha value is -2.73. The molecule has 0 aromatic heterocycles. The van der Waals surface area contributed by atoms with E-state index in [1.807, 2.05) is 30.3 Å². The first kappa shape index (κ1) is 17.6. The molecule has 6 heteroatoms. The molecule has 0 aliphatic carbocycles. The van der Waals surface area contributed by atoms with E-state index in [1.54, 1.807) is 17.0 Å². The molecule has 0 spiro atoms. The lowest BCUT2D eigenvalue weighted by atomic mass is 10.1. The highest BCUT2D eigenvalue weighted by molar-refractivity contribution is 5.79. The van der Waals surface area contributed by atoms with Gasteiger partial charge in [-0.3, -0.25) is 14.9 Å². The van der Waals surface area contributed by atoms with Crippen LogP contribution in [0.5, 0.6) is 0 Å². The van der Waals surface area contributed by atoms with Crippen molar-refractivity contribution in [3.05, 3.63) is 75.8 Å². The van der Waals surface area contributed by atoms with E-state index >= 15 is 0 Å². The summed E-state index contributed by atoms with van der Waals surface area (Å²) in [5.41, 5.74) is 7.24. The number of nitrogens with two attached hydrogens (primary N) is 1. The van der Waals surface area contributed by atoms with Crippen LogP contribution >= 0.6 is 0 Å². The molecule has 0 fully saturated rings. The van der Waals surface area contributed by atoms with Crippen LogP contribution in [-0.2, 0) is 17.8 Å². The van der Waals surface area contributed by atoms with E-state index in [2.05, 4.69) is 0 Å². The van der Waals surface area contributed by atoms with Crippen molar-refractivity contribution in [2.24, 2.45) is 5.73 Å². The first-order valence-electron chi connectivity index (χ1n) is 7.85. The Bertz CT molecular complexity index is 689. The molecule has 1 amide bonds. The second-order valence-electron chi connectivity index (χ2n) is 5.55. The van der Waals surface area contributed by atoms with Crippen molar-refractivity contribution in [2.45, 2.75) is 19.4 Å². The molecule has 6 nitrogen and oxygen atoms in total. The fraction of sp³-hybridized carbons (Fsp3) is 0.278. The van der Waals surface area contributed by atoms with Gasteiger partial charge in [-0.1, -0.05) is 42.5 Å². The van der Waals surface area contributed by atoms with Crippen molar-refractivity contribution in [3.63, 3.8) is 0 Å². The summed E-state index contributed by atoms with van der Waals surface area (Å²) in [5, 5.41) is 10.9. The van der Waals surface area contributed by atoms with Crippen LogP contribution in [0.25, 0.3) is 0 Å². The first-order chi connectivity index (χ1) is 11.6. The van der Waals surface area contributed by atoms with Gasteiger partial charge in [0.2, 0.25) is 5.91 Å². The number of benzene rings is 2. The van der Waals surface area contributed by atoms with Crippen LogP contribution in [0.3, 0.4) is 0 Å². The number of nitrogens with zero attached hydrogens (tertiary/aromatic N) is 2. The Morgan fingerprint density at radius 3 is 2.46 bits per heavy atom. The summed E-state index contributed by atoms with van der Waals surface area (Å²) in [4.78, 5) is 24.8. The van der Waals surface area contributed by atoms with Crippen molar-refractivity contribution in [3.8, 4) is 0 Å². The Kier molecular flexibility index (Phi) is 6.45. The number of nitro groups is 1. The van der Waals surface area contributed by atoms with Crippen LogP contribution in [0.2, 0.25) is 0 Å². The lowest BCUT2D eigenvalue weighted by molar-refractivity contribution is -0.384. The minimum atomic E-state index is -0.454. The Morgan fingerprint density at radius 2 is 1.79 bits per heavy atom. The van der Waals surface area contributed by atoms with Crippen LogP contribution in [0.15, 0.2) is 54.6 Å². The number of carbonyl (C=O) groups excluding carboxylic acids is 1. The smallest absolute Gasteiger partial charge is 0.269 e. The summed E-state index contributed by atoms with van der Waals surface area (Å²) >= 11 is 0. The topological polar surface area (TPSA) is 89.5 Å². The maximum Gasteiger partial charge on any atom is 0.269 e. The number of hydrogen-bond acceptors (Lipinski definition) is 4. The molecular formula is C18H21N3O3. The van der Waals surface area contributed by atoms with Gasteiger partial charge in [0.1, 0.15) is 0 Å². The second-order valence-corrected chi connectivity index (χ2v) is 5.55. The zero-order valence-corrected chi connectivity index (χ0v) is 13.4. The van der Waals surface area contributed by atoms with Gasteiger partial charge < -0.3 is 10.6 Å². The number of nitro benzene ring substituents is 1. The Balaban J connectivity index is 2.09. The maximum atomic E-state index is 12.6. The highest BCUT2D eigenvalue weighted by Gasteiger charge is 2.15. The highest BCUT2D eigenvalue weighted by Crippen LogP contribution is 2.15. The number of non-ortho nitro benzene ring substituents is 1. The molecular weight excluding hydrogens is 306 g/mol. The molecule has 0 bridgehead atoms. The third kappa shape index (κ3) is 5.17. The number of rotatable bonds is 8. The molecule has 2 N–H and O–H groups in total. The van der Waals surface area contributed by atoms with Gasteiger partial charge >= 0.3 is 0 Å². The average molecular weight is 327 g/mol. The van der Waals surface area contributed by atoms with Crippen molar-refractivity contribution >= 4 is 11.6 Å². The first-order valence-corrected chi connectivity index (χ1v) is 7.85. The normalized spacial score (nSPS) is 10.4. The van der Waals surface area contributed by atoms with E-state index in [0.29, 0.717) is 31.6 Å². The minimum Gasteiger partial charge on any atom is -0.338 e. The quantitative estimate of drug-likeness (QED) is 0.596. The molecule has 0 aliphatic heterocycles. The lowest BCUT2D eigenvalue weighted by Gasteiger charge is -2.23. The molecule has 2 aromatic rings. The zero-order chi connectivity index (χ0) is 17.4. The van der Waals surface area contributed by atoms with Crippen molar-refractivity contribution in [1.82, 2.24) is 4.90 Å². The van der Waals surface area contributed by atoms with Crippen LogP contribution in [-0.4, -0.2) is 28.8 Å². The van der Waals surface area contributed by atoms with Gasteiger partial charge in [-0.05, 0) is 24.1 Å². The fourth-order valence-corrected chi connectivity index (χ4v) is 2.44.